The van der Waals surface area contributed by atoms with Crippen LogP contribution >= 0.6 is 0 Å². The van der Waals surface area contributed by atoms with Gasteiger partial charge in [0, 0.05) is 6.42 Å². The molecule has 0 unspecified atom stereocenters. The van der Waals surface area contributed by atoms with Crippen molar-refractivity contribution in [2.75, 3.05) is 0 Å². The van der Waals surface area contributed by atoms with Gasteiger partial charge in [0.15, 0.2) is 0 Å². The van der Waals surface area contributed by atoms with Crippen molar-refractivity contribution in [3.8, 4) is 0 Å². The Morgan fingerprint density at radius 1 is 1.26 bits per heavy atom. The fourth-order valence-electron chi connectivity index (χ4n) is 3.07. The second kappa shape index (κ2) is 8.14. The Morgan fingerprint density at radius 3 is 2.61 bits per heavy atom. The molecule has 2 amide bonds. The first kappa shape index (κ1) is 17.5. The van der Waals surface area contributed by atoms with E-state index in [4.69, 9.17) is 4.74 Å². The minimum absolute atomic E-state index is 0.121. The van der Waals surface area contributed by atoms with Gasteiger partial charge in [-0.05, 0) is 24.8 Å². The lowest BCUT2D eigenvalue weighted by molar-refractivity contribution is -0.129. The molecular formula is C19H27NO3. The maximum Gasteiger partial charge on any atom is 0.417 e. The predicted octanol–water partition coefficient (Wildman–Crippen LogP) is 4.70. The monoisotopic (exact) mass is 317 g/mol. The minimum Gasteiger partial charge on any atom is -0.439 e. The SMILES string of the molecule is CCCC[C@@H](C)CCC(=O)N1C(=O)O[C@@H](c2ccccc2)[C@H]1C. The third-order valence-electron chi connectivity index (χ3n) is 4.57. The third kappa shape index (κ3) is 4.34. The number of unbranched alkanes of at least 4 members (excludes halogenated alkanes) is 1. The number of imide groups is 1. The normalized spacial score (nSPS) is 22.0. The van der Waals surface area contributed by atoms with Gasteiger partial charge >= 0.3 is 6.09 Å². The summed E-state index contributed by atoms with van der Waals surface area (Å²) in [6, 6.07) is 9.34. The first-order valence-corrected chi connectivity index (χ1v) is 8.62. The molecule has 126 valence electrons. The van der Waals surface area contributed by atoms with Gasteiger partial charge in [-0.2, -0.15) is 0 Å². The molecule has 1 aliphatic rings. The highest BCUT2D eigenvalue weighted by Gasteiger charge is 2.42. The van der Waals surface area contributed by atoms with Crippen LogP contribution in [0.3, 0.4) is 0 Å². The summed E-state index contributed by atoms with van der Waals surface area (Å²) < 4.78 is 5.43. The molecule has 0 N–H and O–H groups in total. The van der Waals surface area contributed by atoms with E-state index >= 15 is 0 Å². The van der Waals surface area contributed by atoms with Crippen molar-refractivity contribution >= 4 is 12.0 Å². The second-order valence-corrected chi connectivity index (χ2v) is 6.51. The summed E-state index contributed by atoms with van der Waals surface area (Å²) in [5, 5.41) is 0. The largest absolute Gasteiger partial charge is 0.439 e. The number of amides is 2. The quantitative estimate of drug-likeness (QED) is 0.732. The highest BCUT2D eigenvalue weighted by molar-refractivity contribution is 5.93. The number of hydrogen-bond acceptors (Lipinski definition) is 3. The van der Waals surface area contributed by atoms with Crippen LogP contribution in [0.25, 0.3) is 0 Å². The van der Waals surface area contributed by atoms with Crippen molar-refractivity contribution in [3.63, 3.8) is 0 Å². The summed E-state index contributed by atoms with van der Waals surface area (Å²) in [6.07, 6.45) is 3.84. The summed E-state index contributed by atoms with van der Waals surface area (Å²) in [4.78, 5) is 25.9. The topological polar surface area (TPSA) is 46.6 Å². The minimum atomic E-state index is -0.516. The number of benzene rings is 1. The average molecular weight is 317 g/mol. The molecule has 1 fully saturated rings. The molecule has 1 aromatic rings. The Kier molecular flexibility index (Phi) is 6.20. The molecule has 2 rings (SSSR count). The van der Waals surface area contributed by atoms with Crippen molar-refractivity contribution in [1.29, 1.82) is 0 Å². The van der Waals surface area contributed by atoms with E-state index in [2.05, 4.69) is 13.8 Å². The first-order valence-electron chi connectivity index (χ1n) is 8.62. The standard InChI is InChI=1S/C19H27NO3/c1-4-5-9-14(2)12-13-17(21)20-15(3)18(23-19(20)22)16-10-7-6-8-11-16/h6-8,10-11,14-15,18H,4-5,9,12-13H2,1-3H3/t14-,15-,18-/m1/s1. The number of carbonyl (C=O) groups excluding carboxylic acids is 2. The summed E-state index contributed by atoms with van der Waals surface area (Å²) in [7, 11) is 0. The molecule has 23 heavy (non-hydrogen) atoms. The smallest absolute Gasteiger partial charge is 0.417 e. The van der Waals surface area contributed by atoms with Crippen LogP contribution in [0.15, 0.2) is 30.3 Å². The lowest BCUT2D eigenvalue weighted by Gasteiger charge is -2.20. The van der Waals surface area contributed by atoms with Gasteiger partial charge in [0.25, 0.3) is 0 Å². The molecule has 0 aromatic heterocycles. The first-order chi connectivity index (χ1) is 11.0. The highest BCUT2D eigenvalue weighted by Crippen LogP contribution is 2.33. The van der Waals surface area contributed by atoms with Crippen molar-refractivity contribution < 1.29 is 14.3 Å². The zero-order valence-corrected chi connectivity index (χ0v) is 14.3. The zero-order chi connectivity index (χ0) is 16.8. The van der Waals surface area contributed by atoms with Gasteiger partial charge in [-0.25, -0.2) is 9.69 Å². The number of cyclic esters (lactones) is 1. The molecule has 4 nitrogen and oxygen atoms in total. The van der Waals surface area contributed by atoms with Gasteiger partial charge in [0.1, 0.15) is 6.10 Å². The van der Waals surface area contributed by atoms with E-state index in [9.17, 15) is 9.59 Å². The van der Waals surface area contributed by atoms with Crippen LogP contribution < -0.4 is 0 Å². The highest BCUT2D eigenvalue weighted by atomic mass is 16.6. The molecule has 1 saturated heterocycles. The Hall–Kier alpha value is -1.84. The Balaban J connectivity index is 1.94. The van der Waals surface area contributed by atoms with E-state index in [0.29, 0.717) is 12.3 Å². The molecule has 1 aromatic carbocycles. The predicted molar refractivity (Wildman–Crippen MR) is 89.9 cm³/mol. The van der Waals surface area contributed by atoms with Gasteiger partial charge in [-0.1, -0.05) is 63.4 Å². The van der Waals surface area contributed by atoms with Crippen LogP contribution in [0.2, 0.25) is 0 Å². The van der Waals surface area contributed by atoms with Crippen LogP contribution in [0, 0.1) is 5.92 Å². The third-order valence-corrected chi connectivity index (χ3v) is 4.57. The van der Waals surface area contributed by atoms with E-state index in [1.165, 1.54) is 17.7 Å². The Labute approximate surface area is 138 Å². The number of carbonyl (C=O) groups is 2. The van der Waals surface area contributed by atoms with Crippen LogP contribution in [-0.2, 0) is 9.53 Å². The van der Waals surface area contributed by atoms with E-state index in [0.717, 1.165) is 18.4 Å². The van der Waals surface area contributed by atoms with Crippen LogP contribution in [0.1, 0.15) is 64.5 Å². The van der Waals surface area contributed by atoms with E-state index in [1.807, 2.05) is 37.3 Å². The molecule has 0 aliphatic carbocycles. The molecule has 0 spiro atoms. The molecule has 3 atom stereocenters. The lowest BCUT2D eigenvalue weighted by Crippen LogP contribution is -2.37. The molecule has 0 radical (unpaired) electrons. The molecule has 1 aliphatic heterocycles. The van der Waals surface area contributed by atoms with Crippen LogP contribution in [0.4, 0.5) is 4.79 Å². The zero-order valence-electron chi connectivity index (χ0n) is 14.3. The summed E-state index contributed by atoms with van der Waals surface area (Å²) in [5.74, 6) is 0.391. The average Bonchev–Trinajstić information content (AvgIpc) is 2.86. The summed E-state index contributed by atoms with van der Waals surface area (Å²) in [5.41, 5.74) is 0.931. The number of rotatable bonds is 7. The Bertz CT molecular complexity index is 529. The van der Waals surface area contributed by atoms with Crippen LogP contribution in [-0.4, -0.2) is 22.9 Å². The number of nitrogens with zero attached hydrogens (tertiary/aromatic N) is 1. The summed E-state index contributed by atoms with van der Waals surface area (Å²) in [6.45, 7) is 6.21. The molecule has 0 saturated carbocycles. The molecular weight excluding hydrogens is 290 g/mol. The van der Waals surface area contributed by atoms with E-state index in [1.54, 1.807) is 0 Å². The molecule has 4 heteroatoms. The lowest BCUT2D eigenvalue weighted by atomic mass is 9.98. The van der Waals surface area contributed by atoms with Crippen molar-refractivity contribution in [2.24, 2.45) is 5.92 Å². The van der Waals surface area contributed by atoms with Gasteiger partial charge in [-0.3, -0.25) is 4.79 Å². The van der Waals surface area contributed by atoms with E-state index in [-0.39, 0.29) is 18.1 Å². The molecule has 1 heterocycles. The van der Waals surface area contributed by atoms with Crippen molar-refractivity contribution in [3.05, 3.63) is 35.9 Å². The van der Waals surface area contributed by atoms with E-state index < -0.39 is 6.09 Å². The van der Waals surface area contributed by atoms with Gasteiger partial charge in [-0.15, -0.1) is 0 Å². The number of ether oxygens (including phenoxy) is 1. The van der Waals surface area contributed by atoms with Crippen molar-refractivity contribution in [2.45, 2.75) is 65.0 Å². The van der Waals surface area contributed by atoms with Crippen molar-refractivity contribution in [1.82, 2.24) is 4.90 Å². The van der Waals surface area contributed by atoms with Crippen LogP contribution in [0.5, 0.6) is 0 Å². The second-order valence-electron chi connectivity index (χ2n) is 6.51. The van der Waals surface area contributed by atoms with Gasteiger partial charge in [0.2, 0.25) is 5.91 Å². The fourth-order valence-corrected chi connectivity index (χ4v) is 3.07. The fraction of sp³-hybridized carbons (Fsp3) is 0.579. The number of hydrogen-bond donors (Lipinski definition) is 0. The Morgan fingerprint density at radius 2 is 1.96 bits per heavy atom. The summed E-state index contributed by atoms with van der Waals surface area (Å²) >= 11 is 0. The maximum absolute atomic E-state index is 12.4. The van der Waals surface area contributed by atoms with Gasteiger partial charge < -0.3 is 4.74 Å². The molecule has 0 bridgehead atoms. The maximum atomic E-state index is 12.4. The van der Waals surface area contributed by atoms with Gasteiger partial charge in [0.05, 0.1) is 6.04 Å².